The third-order valence-corrected chi connectivity index (χ3v) is 9.43. The normalized spacial score (nSPS) is 33.7. The fraction of sp³-hybridized carbons (Fsp3) is 0.667. The van der Waals surface area contributed by atoms with Crippen LogP contribution in [0.1, 0.15) is 37.7 Å². The summed E-state index contributed by atoms with van der Waals surface area (Å²) in [5, 5.41) is 9.82. The van der Waals surface area contributed by atoms with Crippen molar-refractivity contribution in [3.05, 3.63) is 29.8 Å². The van der Waals surface area contributed by atoms with Crippen LogP contribution in [0.5, 0.6) is 0 Å². The largest absolute Gasteiger partial charge is 0.381 e. The molecule has 0 spiro atoms. The summed E-state index contributed by atoms with van der Waals surface area (Å²) < 4.78 is 34.3. The van der Waals surface area contributed by atoms with E-state index in [0.29, 0.717) is 51.0 Å². The quantitative estimate of drug-likeness (QED) is 0.452. The summed E-state index contributed by atoms with van der Waals surface area (Å²) in [4.78, 5) is 25.0. The molecule has 1 amide bonds. The predicted octanol–water partition coefficient (Wildman–Crippen LogP) is 0.305. The zero-order valence-electron chi connectivity index (χ0n) is 19.3. The van der Waals surface area contributed by atoms with Crippen LogP contribution < -0.4 is 20.7 Å². The highest BCUT2D eigenvalue weighted by atomic mass is 32.2. The van der Waals surface area contributed by atoms with E-state index in [-0.39, 0.29) is 40.5 Å². The van der Waals surface area contributed by atoms with Gasteiger partial charge in [-0.15, -0.1) is 0 Å². The molecule has 186 valence electrons. The van der Waals surface area contributed by atoms with Crippen molar-refractivity contribution < 1.29 is 22.7 Å². The first-order valence-electron chi connectivity index (χ1n) is 12.4. The lowest BCUT2D eigenvalue weighted by molar-refractivity contribution is -0.134. The van der Waals surface area contributed by atoms with E-state index in [1.807, 2.05) is 0 Å². The van der Waals surface area contributed by atoms with E-state index in [2.05, 4.69) is 20.7 Å². The lowest BCUT2D eigenvalue weighted by Crippen LogP contribution is -2.51. The SMILES string of the molecule is O=C(NCc1ccc(S(=O)(=O)NC2CCC(=O)C3COCCC23)cc1)C1CC2CNCCC2N1. The van der Waals surface area contributed by atoms with Gasteiger partial charge in [-0.05, 0) is 68.3 Å². The predicted molar refractivity (Wildman–Crippen MR) is 125 cm³/mol. The molecule has 1 aliphatic carbocycles. The van der Waals surface area contributed by atoms with Crippen LogP contribution in [0, 0.1) is 17.8 Å². The van der Waals surface area contributed by atoms with Gasteiger partial charge in [0.25, 0.3) is 0 Å². The van der Waals surface area contributed by atoms with Crippen LogP contribution in [0.4, 0.5) is 0 Å². The third-order valence-electron chi connectivity index (χ3n) is 7.93. The summed E-state index contributed by atoms with van der Waals surface area (Å²) in [6.07, 6.45) is 3.48. The minimum Gasteiger partial charge on any atom is -0.381 e. The number of piperidine rings is 1. The maximum atomic E-state index is 13.0. The number of ether oxygens (including phenoxy) is 1. The third kappa shape index (κ3) is 5.06. The van der Waals surface area contributed by atoms with Gasteiger partial charge in [-0.25, -0.2) is 13.1 Å². The van der Waals surface area contributed by atoms with Gasteiger partial charge in [0.2, 0.25) is 15.9 Å². The molecule has 1 aromatic carbocycles. The minimum atomic E-state index is -3.71. The molecule has 9 nitrogen and oxygen atoms in total. The van der Waals surface area contributed by atoms with Gasteiger partial charge in [-0.3, -0.25) is 9.59 Å². The lowest BCUT2D eigenvalue weighted by Gasteiger charge is -2.40. The number of Topliss-reactive ketones (excluding diaryl/α,β-unsaturated/α-hetero) is 1. The molecule has 1 aromatic rings. The molecule has 0 bridgehead atoms. The van der Waals surface area contributed by atoms with Crippen molar-refractivity contribution in [1.82, 2.24) is 20.7 Å². The Hall–Kier alpha value is -1.85. The second-order valence-electron chi connectivity index (χ2n) is 10.0. The zero-order chi connectivity index (χ0) is 23.7. The number of ketones is 1. The topological polar surface area (TPSA) is 126 Å². The van der Waals surface area contributed by atoms with E-state index in [9.17, 15) is 18.0 Å². The van der Waals surface area contributed by atoms with Crippen molar-refractivity contribution in [2.45, 2.75) is 61.7 Å². The Balaban J connectivity index is 1.16. The molecule has 3 heterocycles. The van der Waals surface area contributed by atoms with Crippen molar-refractivity contribution >= 4 is 21.7 Å². The molecule has 6 atom stereocenters. The van der Waals surface area contributed by atoms with Crippen molar-refractivity contribution in [3.63, 3.8) is 0 Å². The first-order valence-corrected chi connectivity index (χ1v) is 13.9. The molecule has 3 aliphatic heterocycles. The Kier molecular flexibility index (Phi) is 7.04. The number of rotatable bonds is 6. The second-order valence-corrected chi connectivity index (χ2v) is 11.8. The van der Waals surface area contributed by atoms with Crippen LogP contribution >= 0.6 is 0 Å². The highest BCUT2D eigenvalue weighted by Gasteiger charge is 2.42. The number of carbonyl (C=O) groups excluding carboxylic acids is 2. The number of hydrogen-bond acceptors (Lipinski definition) is 7. The van der Waals surface area contributed by atoms with Crippen LogP contribution in [0.3, 0.4) is 0 Å². The summed E-state index contributed by atoms with van der Waals surface area (Å²) in [5.41, 5.74) is 0.845. The highest BCUT2D eigenvalue weighted by Crippen LogP contribution is 2.34. The van der Waals surface area contributed by atoms with Crippen LogP contribution in [0.15, 0.2) is 29.2 Å². The van der Waals surface area contributed by atoms with E-state index in [4.69, 9.17) is 4.74 Å². The number of carbonyl (C=O) groups is 2. The standard InChI is InChI=1S/C24H34N4O5S/c29-23-6-5-21(18-8-10-33-14-19(18)23)28-34(31,32)17-3-1-15(2-4-17)12-26-24(30)22-11-16-13-25-9-7-20(16)27-22/h1-4,16,18-22,25,27-28H,5-14H2,(H,26,30). The Morgan fingerprint density at radius 1 is 1.15 bits per heavy atom. The summed E-state index contributed by atoms with van der Waals surface area (Å²) in [5.74, 6) is 0.444. The van der Waals surface area contributed by atoms with Gasteiger partial charge < -0.3 is 20.7 Å². The number of benzene rings is 1. The molecule has 5 rings (SSSR count). The van der Waals surface area contributed by atoms with Crippen molar-refractivity contribution in [2.24, 2.45) is 17.8 Å². The minimum absolute atomic E-state index is 0.00868. The van der Waals surface area contributed by atoms with Gasteiger partial charge in [0.15, 0.2) is 0 Å². The molecule has 10 heteroatoms. The molecule has 1 saturated carbocycles. The maximum Gasteiger partial charge on any atom is 0.240 e. The number of amides is 1. The van der Waals surface area contributed by atoms with Gasteiger partial charge in [0.05, 0.1) is 17.5 Å². The fourth-order valence-corrected chi connectivity index (χ4v) is 7.30. The lowest BCUT2D eigenvalue weighted by atomic mass is 9.73. The van der Waals surface area contributed by atoms with Crippen LogP contribution in [-0.2, 0) is 30.9 Å². The van der Waals surface area contributed by atoms with Crippen molar-refractivity contribution in [1.29, 1.82) is 0 Å². The van der Waals surface area contributed by atoms with Gasteiger partial charge in [-0.1, -0.05) is 12.1 Å². The Labute approximate surface area is 200 Å². The number of hydrogen-bond donors (Lipinski definition) is 4. The average Bonchev–Trinajstić information content (AvgIpc) is 3.29. The second kappa shape index (κ2) is 10.0. The van der Waals surface area contributed by atoms with Crippen LogP contribution in [0.25, 0.3) is 0 Å². The van der Waals surface area contributed by atoms with Crippen LogP contribution in [-0.4, -0.2) is 64.5 Å². The molecular weight excluding hydrogens is 456 g/mol. The van der Waals surface area contributed by atoms with Gasteiger partial charge >= 0.3 is 0 Å². The van der Waals surface area contributed by atoms with E-state index >= 15 is 0 Å². The first kappa shape index (κ1) is 23.9. The van der Waals surface area contributed by atoms with Crippen LogP contribution in [0.2, 0.25) is 0 Å². The average molecular weight is 491 g/mol. The zero-order valence-corrected chi connectivity index (χ0v) is 20.1. The van der Waals surface area contributed by atoms with Gasteiger partial charge in [0, 0.05) is 37.6 Å². The molecule has 3 saturated heterocycles. The van der Waals surface area contributed by atoms with Gasteiger partial charge in [0.1, 0.15) is 5.78 Å². The summed E-state index contributed by atoms with van der Waals surface area (Å²) >= 11 is 0. The maximum absolute atomic E-state index is 13.0. The number of sulfonamides is 1. The monoisotopic (exact) mass is 490 g/mol. The van der Waals surface area contributed by atoms with Crippen molar-refractivity contribution in [2.75, 3.05) is 26.3 Å². The van der Waals surface area contributed by atoms with E-state index in [1.54, 1.807) is 24.3 Å². The van der Waals surface area contributed by atoms with Crippen molar-refractivity contribution in [3.8, 4) is 0 Å². The summed E-state index contributed by atoms with van der Waals surface area (Å²) in [7, 11) is -3.71. The van der Waals surface area contributed by atoms with Gasteiger partial charge in [-0.2, -0.15) is 0 Å². The van der Waals surface area contributed by atoms with E-state index < -0.39 is 10.0 Å². The Morgan fingerprint density at radius 2 is 1.97 bits per heavy atom. The molecule has 4 N–H and O–H groups in total. The van der Waals surface area contributed by atoms with E-state index in [0.717, 1.165) is 31.5 Å². The summed E-state index contributed by atoms with van der Waals surface area (Å²) in [6.45, 7) is 3.24. The molecule has 4 aliphatic rings. The Morgan fingerprint density at radius 3 is 2.76 bits per heavy atom. The smallest absolute Gasteiger partial charge is 0.240 e. The molecule has 4 fully saturated rings. The Bertz CT molecular complexity index is 1000. The molecule has 0 radical (unpaired) electrons. The molecule has 0 aromatic heterocycles. The summed E-state index contributed by atoms with van der Waals surface area (Å²) in [6, 6.07) is 6.61. The highest BCUT2D eigenvalue weighted by molar-refractivity contribution is 7.89. The number of fused-ring (bicyclic) bond motifs is 2. The molecule has 6 unspecified atom stereocenters. The number of nitrogens with one attached hydrogen (secondary N) is 4. The molecular formula is C24H34N4O5S. The van der Waals surface area contributed by atoms with E-state index in [1.165, 1.54) is 0 Å². The molecule has 34 heavy (non-hydrogen) atoms. The fourth-order valence-electron chi connectivity index (χ4n) is 5.98. The first-order chi connectivity index (χ1) is 16.4.